The van der Waals surface area contributed by atoms with E-state index in [1.165, 1.54) is 12.1 Å². The highest BCUT2D eigenvalue weighted by Crippen LogP contribution is 2.29. The summed E-state index contributed by atoms with van der Waals surface area (Å²) in [5.41, 5.74) is 2.56. The molecule has 1 heterocycles. The Bertz CT molecular complexity index is 810. The summed E-state index contributed by atoms with van der Waals surface area (Å²) in [4.78, 5) is 12.6. The molecule has 0 aliphatic carbocycles. The van der Waals surface area contributed by atoms with Crippen molar-refractivity contribution in [3.05, 3.63) is 59.7 Å². The van der Waals surface area contributed by atoms with Gasteiger partial charge in [-0.1, -0.05) is 24.3 Å². The quantitative estimate of drug-likeness (QED) is 0.886. The molecular formula is C18H16N2O3. The number of carbonyl (C=O) groups excluding carboxylic acids is 1. The van der Waals surface area contributed by atoms with Crippen LogP contribution in [0.5, 0.6) is 11.5 Å². The van der Waals surface area contributed by atoms with Gasteiger partial charge in [0.2, 0.25) is 0 Å². The van der Waals surface area contributed by atoms with Gasteiger partial charge in [-0.25, -0.2) is 0 Å². The summed E-state index contributed by atoms with van der Waals surface area (Å²) in [6.45, 7) is 1.79. The molecule has 0 atom stereocenters. The molecule has 0 saturated heterocycles. The maximum absolute atomic E-state index is 12.6. The number of hydrogen-bond donors (Lipinski definition) is 1. The molecule has 0 aromatic heterocycles. The Morgan fingerprint density at radius 1 is 1.17 bits per heavy atom. The van der Waals surface area contributed by atoms with E-state index in [2.05, 4.69) is 5.10 Å². The maximum Gasteiger partial charge on any atom is 0.280 e. The molecule has 0 fully saturated rings. The van der Waals surface area contributed by atoms with E-state index in [-0.39, 0.29) is 11.7 Å². The SMILES string of the molecule is COc1ccc(C=C2C(=O)N(c3ccccc3)N=C2C)cc1O. The number of carbonyl (C=O) groups is 1. The number of rotatable bonds is 3. The first-order chi connectivity index (χ1) is 11.1. The second kappa shape index (κ2) is 5.96. The number of ether oxygens (including phenoxy) is 1. The van der Waals surface area contributed by atoms with Crippen molar-refractivity contribution < 1.29 is 14.6 Å². The van der Waals surface area contributed by atoms with Crippen LogP contribution in [0.15, 0.2) is 59.2 Å². The van der Waals surface area contributed by atoms with Crippen molar-refractivity contribution in [1.29, 1.82) is 0 Å². The van der Waals surface area contributed by atoms with E-state index in [1.807, 2.05) is 30.3 Å². The molecular weight excluding hydrogens is 292 g/mol. The fourth-order valence-electron chi connectivity index (χ4n) is 2.39. The summed E-state index contributed by atoms with van der Waals surface area (Å²) >= 11 is 0. The average molecular weight is 308 g/mol. The second-order valence-corrected chi connectivity index (χ2v) is 5.13. The highest BCUT2D eigenvalue weighted by Gasteiger charge is 2.28. The molecule has 116 valence electrons. The highest BCUT2D eigenvalue weighted by molar-refractivity contribution is 6.32. The fraction of sp³-hybridized carbons (Fsp3) is 0.111. The van der Waals surface area contributed by atoms with E-state index >= 15 is 0 Å². The molecule has 3 rings (SSSR count). The maximum atomic E-state index is 12.6. The first kappa shape index (κ1) is 14.8. The Labute approximate surface area is 134 Å². The molecule has 23 heavy (non-hydrogen) atoms. The number of phenolic OH excluding ortho intramolecular Hbond substituents is 1. The van der Waals surface area contributed by atoms with E-state index in [0.717, 1.165) is 5.69 Å². The van der Waals surface area contributed by atoms with E-state index in [1.54, 1.807) is 31.2 Å². The zero-order valence-electron chi connectivity index (χ0n) is 12.9. The molecule has 0 radical (unpaired) electrons. The summed E-state index contributed by atoms with van der Waals surface area (Å²) < 4.78 is 5.02. The number of hydrazone groups is 1. The molecule has 0 spiro atoms. The number of para-hydroxylation sites is 1. The van der Waals surface area contributed by atoms with Gasteiger partial charge in [0.25, 0.3) is 5.91 Å². The van der Waals surface area contributed by atoms with Gasteiger partial charge in [0.05, 0.1) is 24.1 Å². The fourth-order valence-corrected chi connectivity index (χ4v) is 2.39. The van der Waals surface area contributed by atoms with Crippen LogP contribution in [-0.4, -0.2) is 23.8 Å². The molecule has 1 N–H and O–H groups in total. The van der Waals surface area contributed by atoms with Gasteiger partial charge in [0, 0.05) is 0 Å². The number of aromatic hydroxyl groups is 1. The van der Waals surface area contributed by atoms with Gasteiger partial charge in [0.15, 0.2) is 11.5 Å². The average Bonchev–Trinajstić information content (AvgIpc) is 2.84. The van der Waals surface area contributed by atoms with Crippen molar-refractivity contribution in [3.63, 3.8) is 0 Å². The Morgan fingerprint density at radius 3 is 2.57 bits per heavy atom. The Kier molecular flexibility index (Phi) is 3.85. The third kappa shape index (κ3) is 2.81. The second-order valence-electron chi connectivity index (χ2n) is 5.13. The molecule has 1 aliphatic heterocycles. The van der Waals surface area contributed by atoms with Crippen LogP contribution in [0.3, 0.4) is 0 Å². The van der Waals surface area contributed by atoms with Crippen molar-refractivity contribution in [2.24, 2.45) is 5.10 Å². The molecule has 1 amide bonds. The van der Waals surface area contributed by atoms with Crippen molar-refractivity contribution in [2.45, 2.75) is 6.92 Å². The molecule has 1 aliphatic rings. The lowest BCUT2D eigenvalue weighted by Crippen LogP contribution is -2.21. The van der Waals surface area contributed by atoms with E-state index in [9.17, 15) is 9.90 Å². The molecule has 0 unspecified atom stereocenters. The van der Waals surface area contributed by atoms with Crippen LogP contribution in [0, 0.1) is 0 Å². The smallest absolute Gasteiger partial charge is 0.280 e. The largest absolute Gasteiger partial charge is 0.504 e. The topological polar surface area (TPSA) is 62.1 Å². The summed E-state index contributed by atoms with van der Waals surface area (Å²) in [5, 5.41) is 15.5. The van der Waals surface area contributed by atoms with Crippen LogP contribution >= 0.6 is 0 Å². The number of benzene rings is 2. The third-order valence-electron chi connectivity index (χ3n) is 3.58. The first-order valence-corrected chi connectivity index (χ1v) is 7.14. The molecule has 2 aromatic rings. The van der Waals surface area contributed by atoms with Crippen molar-refractivity contribution in [2.75, 3.05) is 12.1 Å². The van der Waals surface area contributed by atoms with Crippen LogP contribution in [0.4, 0.5) is 5.69 Å². The highest BCUT2D eigenvalue weighted by atomic mass is 16.5. The summed E-state index contributed by atoms with van der Waals surface area (Å²) in [6.07, 6.45) is 1.71. The summed E-state index contributed by atoms with van der Waals surface area (Å²) in [7, 11) is 1.49. The Hall–Kier alpha value is -3.08. The normalized spacial score (nSPS) is 15.9. The number of nitrogens with zero attached hydrogens (tertiary/aromatic N) is 2. The molecule has 5 nitrogen and oxygen atoms in total. The number of anilines is 1. The lowest BCUT2D eigenvalue weighted by atomic mass is 10.1. The van der Waals surface area contributed by atoms with E-state index in [4.69, 9.17) is 4.74 Å². The molecule has 2 aromatic carbocycles. The summed E-state index contributed by atoms with van der Waals surface area (Å²) in [5.74, 6) is 0.229. The van der Waals surface area contributed by atoms with Crippen LogP contribution in [0.1, 0.15) is 12.5 Å². The predicted octanol–water partition coefficient (Wildman–Crippen LogP) is 3.21. The van der Waals surface area contributed by atoms with Gasteiger partial charge in [-0.05, 0) is 42.8 Å². The first-order valence-electron chi connectivity index (χ1n) is 7.14. The van der Waals surface area contributed by atoms with E-state index in [0.29, 0.717) is 22.6 Å². The minimum absolute atomic E-state index is 0.0294. The molecule has 0 saturated carbocycles. The summed E-state index contributed by atoms with van der Waals surface area (Å²) in [6, 6.07) is 14.2. The van der Waals surface area contributed by atoms with Gasteiger partial charge in [0.1, 0.15) is 0 Å². The van der Waals surface area contributed by atoms with Gasteiger partial charge in [-0.15, -0.1) is 0 Å². The van der Waals surface area contributed by atoms with Crippen molar-refractivity contribution >= 4 is 23.4 Å². The van der Waals surface area contributed by atoms with Gasteiger partial charge < -0.3 is 9.84 Å². The van der Waals surface area contributed by atoms with Crippen molar-refractivity contribution in [3.8, 4) is 11.5 Å². The zero-order chi connectivity index (χ0) is 16.4. The standard InChI is InChI=1S/C18H16N2O3/c1-12-15(10-13-8-9-17(23-2)16(21)11-13)18(22)20(19-12)14-6-4-3-5-7-14/h3-11,21H,1-2H3. The molecule has 0 bridgehead atoms. The van der Waals surface area contributed by atoms with Crippen LogP contribution in [0.2, 0.25) is 0 Å². The Balaban J connectivity index is 1.94. The predicted molar refractivity (Wildman–Crippen MR) is 89.7 cm³/mol. The van der Waals surface area contributed by atoms with Crippen molar-refractivity contribution in [1.82, 2.24) is 0 Å². The number of methoxy groups -OCH3 is 1. The Morgan fingerprint density at radius 2 is 1.91 bits per heavy atom. The minimum Gasteiger partial charge on any atom is -0.504 e. The lowest BCUT2D eigenvalue weighted by molar-refractivity contribution is -0.114. The molecule has 5 heteroatoms. The minimum atomic E-state index is -0.191. The number of phenols is 1. The van der Waals surface area contributed by atoms with Gasteiger partial charge in [-0.2, -0.15) is 10.1 Å². The monoisotopic (exact) mass is 308 g/mol. The third-order valence-corrected chi connectivity index (χ3v) is 3.58. The number of hydrogen-bond acceptors (Lipinski definition) is 4. The van der Waals surface area contributed by atoms with Gasteiger partial charge in [-0.3, -0.25) is 4.79 Å². The van der Waals surface area contributed by atoms with E-state index < -0.39 is 0 Å². The van der Waals surface area contributed by atoms with Crippen LogP contribution in [-0.2, 0) is 4.79 Å². The lowest BCUT2D eigenvalue weighted by Gasteiger charge is -2.11. The zero-order valence-corrected chi connectivity index (χ0v) is 12.9. The van der Waals surface area contributed by atoms with Crippen LogP contribution in [0.25, 0.3) is 6.08 Å². The van der Waals surface area contributed by atoms with Crippen LogP contribution < -0.4 is 9.75 Å². The van der Waals surface area contributed by atoms with Gasteiger partial charge >= 0.3 is 0 Å². The number of amides is 1.